The largest absolute Gasteiger partial charge is 0.477 e. The molecule has 2 aromatic carbocycles. The van der Waals surface area contributed by atoms with Crippen molar-refractivity contribution in [3.63, 3.8) is 0 Å². The Morgan fingerprint density at radius 2 is 1.85 bits per heavy atom. The van der Waals surface area contributed by atoms with Gasteiger partial charge in [-0.25, -0.2) is 4.79 Å². The molecule has 7 nitrogen and oxygen atoms in total. The lowest BCUT2D eigenvalue weighted by molar-refractivity contribution is 0.0686. The number of benzene rings is 2. The summed E-state index contributed by atoms with van der Waals surface area (Å²) in [5.74, 6) is -1.14. The molecule has 4 aromatic rings. The molecule has 2 aromatic heterocycles. The van der Waals surface area contributed by atoms with Crippen LogP contribution in [0.25, 0.3) is 28.1 Å². The van der Waals surface area contributed by atoms with E-state index in [2.05, 4.69) is 10.3 Å². The molecule has 0 radical (unpaired) electrons. The van der Waals surface area contributed by atoms with E-state index in [4.69, 9.17) is 0 Å². The summed E-state index contributed by atoms with van der Waals surface area (Å²) in [7, 11) is 0. The monoisotopic (exact) mass is 441 g/mol. The topological polar surface area (TPSA) is 107 Å². The number of fused-ring (bicyclic) bond motifs is 2. The van der Waals surface area contributed by atoms with Gasteiger partial charge in [-0.1, -0.05) is 18.2 Å². The third-order valence-electron chi connectivity index (χ3n) is 6.25. The Bertz CT molecular complexity index is 1510. The van der Waals surface area contributed by atoms with Crippen LogP contribution in [0.4, 0.5) is 5.69 Å². The van der Waals surface area contributed by atoms with E-state index in [-0.39, 0.29) is 17.8 Å². The standard InChI is InChI=1S/C26H23N3O4/c1-14-10-19-21(11-15(14)2)29(13-17-12-16-6-3-4-8-20(16)28-24(17)30)23(26(32)33)22(19)18-7-5-9-27-25(18)31/h3-12,24,28,30H,13H2,1-2H3,(H,27,31)(H,32,33). The third kappa shape index (κ3) is 3.43. The number of aliphatic hydroxyl groups excluding tert-OH is 1. The van der Waals surface area contributed by atoms with Crippen molar-refractivity contribution in [1.82, 2.24) is 9.55 Å². The second-order valence-electron chi connectivity index (χ2n) is 8.33. The maximum absolute atomic E-state index is 12.7. The van der Waals surface area contributed by atoms with Gasteiger partial charge in [-0.3, -0.25) is 4.79 Å². The van der Waals surface area contributed by atoms with Crippen LogP contribution in [0.15, 0.2) is 65.1 Å². The zero-order valence-corrected chi connectivity index (χ0v) is 18.2. The molecule has 1 atom stereocenters. The number of anilines is 1. The van der Waals surface area contributed by atoms with Crippen LogP contribution in [0.5, 0.6) is 0 Å². The number of aromatic carboxylic acids is 1. The molecule has 0 saturated heterocycles. The van der Waals surface area contributed by atoms with Crippen LogP contribution in [0.3, 0.4) is 0 Å². The lowest BCUT2D eigenvalue weighted by Gasteiger charge is -2.25. The SMILES string of the molecule is Cc1cc2c(-c3ccc[nH]c3=O)c(C(=O)O)n(CC3=Cc4ccccc4NC3O)c2cc1C. The number of carboxylic acid groups (broad SMARTS) is 1. The van der Waals surface area contributed by atoms with Gasteiger partial charge in [0.2, 0.25) is 0 Å². The lowest BCUT2D eigenvalue weighted by Crippen LogP contribution is -2.28. The molecule has 0 saturated carbocycles. The van der Waals surface area contributed by atoms with Crippen LogP contribution in [0.2, 0.25) is 0 Å². The maximum atomic E-state index is 12.7. The van der Waals surface area contributed by atoms with Gasteiger partial charge in [-0.15, -0.1) is 0 Å². The van der Waals surface area contributed by atoms with Crippen molar-refractivity contribution < 1.29 is 15.0 Å². The minimum atomic E-state index is -1.14. The Balaban J connectivity index is 1.79. The van der Waals surface area contributed by atoms with Gasteiger partial charge in [0.25, 0.3) is 5.56 Å². The third-order valence-corrected chi connectivity index (χ3v) is 6.25. The lowest BCUT2D eigenvalue weighted by atomic mass is 10.00. The Labute approximate surface area is 189 Å². The normalized spacial score (nSPS) is 15.1. The summed E-state index contributed by atoms with van der Waals surface area (Å²) in [6, 6.07) is 14.8. The highest BCUT2D eigenvalue weighted by Crippen LogP contribution is 2.37. The number of aliphatic hydroxyl groups is 1. The molecule has 1 unspecified atom stereocenters. The Morgan fingerprint density at radius 1 is 1.09 bits per heavy atom. The van der Waals surface area contributed by atoms with E-state index in [1.54, 1.807) is 16.7 Å². The number of nitrogens with zero attached hydrogens (tertiary/aromatic N) is 1. The number of para-hydroxylation sites is 1. The van der Waals surface area contributed by atoms with E-state index in [0.717, 1.165) is 22.4 Å². The average molecular weight is 441 g/mol. The van der Waals surface area contributed by atoms with Crippen LogP contribution < -0.4 is 10.9 Å². The molecule has 4 N–H and O–H groups in total. The number of H-pyrrole nitrogens is 1. The number of aromatic nitrogens is 2. The van der Waals surface area contributed by atoms with E-state index >= 15 is 0 Å². The number of hydrogen-bond acceptors (Lipinski definition) is 4. The van der Waals surface area contributed by atoms with Crippen LogP contribution >= 0.6 is 0 Å². The van der Waals surface area contributed by atoms with Crippen LogP contribution in [0, 0.1) is 13.8 Å². The second kappa shape index (κ2) is 7.79. The molecule has 1 aliphatic rings. The molecule has 0 amide bonds. The summed E-state index contributed by atoms with van der Waals surface area (Å²) in [6.07, 6.45) is 2.44. The number of aromatic amines is 1. The molecular formula is C26H23N3O4. The quantitative estimate of drug-likeness (QED) is 0.381. The summed E-state index contributed by atoms with van der Waals surface area (Å²) >= 11 is 0. The van der Waals surface area contributed by atoms with Gasteiger partial charge in [0.05, 0.1) is 0 Å². The number of carbonyl (C=O) groups is 1. The second-order valence-corrected chi connectivity index (χ2v) is 8.33. The molecular weight excluding hydrogens is 418 g/mol. The summed E-state index contributed by atoms with van der Waals surface area (Å²) < 4.78 is 1.68. The van der Waals surface area contributed by atoms with Gasteiger partial charge in [0.15, 0.2) is 0 Å². The molecule has 0 bridgehead atoms. The van der Waals surface area contributed by atoms with E-state index < -0.39 is 12.2 Å². The van der Waals surface area contributed by atoms with Crippen molar-refractivity contribution in [2.45, 2.75) is 26.6 Å². The molecule has 5 rings (SSSR count). The van der Waals surface area contributed by atoms with Crippen molar-refractivity contribution >= 4 is 28.6 Å². The first-order valence-corrected chi connectivity index (χ1v) is 10.6. The summed E-state index contributed by atoms with van der Waals surface area (Å²) in [6.45, 7) is 4.07. The minimum absolute atomic E-state index is 0.0126. The zero-order chi connectivity index (χ0) is 23.3. The first-order chi connectivity index (χ1) is 15.8. The van der Waals surface area contributed by atoms with Crippen molar-refractivity contribution in [1.29, 1.82) is 0 Å². The molecule has 1 aliphatic heterocycles. The van der Waals surface area contributed by atoms with Crippen molar-refractivity contribution in [2.24, 2.45) is 0 Å². The first-order valence-electron chi connectivity index (χ1n) is 10.6. The number of pyridine rings is 1. The highest BCUT2D eigenvalue weighted by Gasteiger charge is 2.28. The molecule has 33 heavy (non-hydrogen) atoms. The molecule has 166 valence electrons. The average Bonchev–Trinajstić information content (AvgIpc) is 3.08. The summed E-state index contributed by atoms with van der Waals surface area (Å²) in [4.78, 5) is 27.9. The molecule has 7 heteroatoms. The van der Waals surface area contributed by atoms with Crippen LogP contribution in [-0.4, -0.2) is 32.0 Å². The van der Waals surface area contributed by atoms with Crippen molar-refractivity contribution in [3.8, 4) is 11.1 Å². The van der Waals surface area contributed by atoms with Crippen molar-refractivity contribution in [2.75, 3.05) is 5.32 Å². The highest BCUT2D eigenvalue weighted by atomic mass is 16.4. The smallest absolute Gasteiger partial charge is 0.353 e. The minimum Gasteiger partial charge on any atom is -0.477 e. The molecule has 3 heterocycles. The Kier molecular flexibility index (Phi) is 4.91. The van der Waals surface area contributed by atoms with Crippen molar-refractivity contribution in [3.05, 3.63) is 93.0 Å². The predicted molar refractivity (Wildman–Crippen MR) is 128 cm³/mol. The van der Waals surface area contributed by atoms with Gasteiger partial charge in [-0.05, 0) is 72.5 Å². The van der Waals surface area contributed by atoms with E-state index in [9.17, 15) is 19.8 Å². The molecule has 0 aliphatic carbocycles. The Morgan fingerprint density at radius 3 is 2.61 bits per heavy atom. The number of carboxylic acids is 1. The van der Waals surface area contributed by atoms with Gasteiger partial charge in [0, 0.05) is 40.5 Å². The number of rotatable bonds is 4. The van der Waals surface area contributed by atoms with Crippen LogP contribution in [0.1, 0.15) is 27.2 Å². The number of aryl methyl sites for hydroxylation is 2. The fourth-order valence-corrected chi connectivity index (χ4v) is 4.47. The van der Waals surface area contributed by atoms with E-state index in [1.165, 1.54) is 6.20 Å². The maximum Gasteiger partial charge on any atom is 0.353 e. The Hall–Kier alpha value is -4.10. The van der Waals surface area contributed by atoms with Gasteiger partial charge in [0.1, 0.15) is 11.9 Å². The van der Waals surface area contributed by atoms with E-state index in [1.807, 2.05) is 56.3 Å². The highest BCUT2D eigenvalue weighted by molar-refractivity contribution is 6.08. The summed E-state index contributed by atoms with van der Waals surface area (Å²) in [5, 5.41) is 24.8. The molecule has 0 spiro atoms. The van der Waals surface area contributed by atoms with Gasteiger partial charge < -0.3 is 25.1 Å². The summed E-state index contributed by atoms with van der Waals surface area (Å²) in [5.41, 5.74) is 5.38. The fourth-order valence-electron chi connectivity index (χ4n) is 4.47. The van der Waals surface area contributed by atoms with Crippen LogP contribution in [-0.2, 0) is 6.54 Å². The predicted octanol–water partition coefficient (Wildman–Crippen LogP) is 4.14. The number of nitrogens with one attached hydrogen (secondary N) is 2. The first kappa shape index (κ1) is 20.8. The molecule has 0 fully saturated rings. The number of hydrogen-bond donors (Lipinski definition) is 4. The van der Waals surface area contributed by atoms with Gasteiger partial charge in [-0.2, -0.15) is 0 Å². The van der Waals surface area contributed by atoms with Gasteiger partial charge >= 0.3 is 5.97 Å². The fraction of sp³-hybridized carbons (Fsp3) is 0.154. The zero-order valence-electron chi connectivity index (χ0n) is 18.2. The van der Waals surface area contributed by atoms with E-state index in [0.29, 0.717) is 27.6 Å².